The summed E-state index contributed by atoms with van der Waals surface area (Å²) >= 11 is 0. The van der Waals surface area contributed by atoms with Gasteiger partial charge >= 0.3 is 11.8 Å². The minimum atomic E-state index is -0.733. The second-order valence-electron chi connectivity index (χ2n) is 6.72. The maximum absolute atomic E-state index is 12.1. The van der Waals surface area contributed by atoms with E-state index in [9.17, 15) is 14.7 Å². The maximum Gasteiger partial charge on any atom is 0.313 e. The van der Waals surface area contributed by atoms with Gasteiger partial charge in [-0.2, -0.15) is 0 Å². The van der Waals surface area contributed by atoms with E-state index in [-0.39, 0.29) is 6.61 Å². The number of aliphatic hydroxyl groups excluding tert-OH is 1. The van der Waals surface area contributed by atoms with Gasteiger partial charge in [0.15, 0.2) is 0 Å². The smallest absolute Gasteiger partial charge is 0.313 e. The van der Waals surface area contributed by atoms with Crippen molar-refractivity contribution in [3.8, 4) is 0 Å². The van der Waals surface area contributed by atoms with Gasteiger partial charge in [0.05, 0.1) is 18.2 Å². The molecule has 0 saturated carbocycles. The largest absolute Gasteiger partial charge is 0.394 e. The lowest BCUT2D eigenvalue weighted by Crippen LogP contribution is -2.44. The fourth-order valence-electron chi connectivity index (χ4n) is 2.88. The van der Waals surface area contributed by atoms with Crippen molar-refractivity contribution in [1.82, 2.24) is 9.88 Å². The molecule has 0 aliphatic rings. The summed E-state index contributed by atoms with van der Waals surface area (Å²) < 4.78 is 2.12. The van der Waals surface area contributed by atoms with Crippen LogP contribution in [0, 0.1) is 5.92 Å². The number of hydrogen-bond donors (Lipinski definition) is 3. The lowest BCUT2D eigenvalue weighted by molar-refractivity contribution is -0.136. The third-order valence-corrected chi connectivity index (χ3v) is 4.01. The number of aryl methyl sites for hydroxylation is 1. The van der Waals surface area contributed by atoms with E-state index in [1.54, 1.807) is 6.07 Å². The summed E-state index contributed by atoms with van der Waals surface area (Å²) in [6.07, 6.45) is 3.65. The van der Waals surface area contributed by atoms with Crippen molar-refractivity contribution >= 4 is 28.4 Å². The van der Waals surface area contributed by atoms with Gasteiger partial charge in [-0.15, -0.1) is 0 Å². The second kappa shape index (κ2) is 8.67. The highest BCUT2D eigenvalue weighted by Crippen LogP contribution is 2.21. The molecule has 1 heterocycles. The normalized spacial score (nSPS) is 12.4. The molecule has 3 N–H and O–H groups in total. The molecule has 0 spiro atoms. The Morgan fingerprint density at radius 3 is 2.60 bits per heavy atom. The molecular weight excluding hydrogens is 318 g/mol. The Morgan fingerprint density at radius 1 is 1.20 bits per heavy atom. The number of nitrogens with one attached hydrogen (secondary N) is 2. The highest BCUT2D eigenvalue weighted by molar-refractivity contribution is 6.39. The van der Waals surface area contributed by atoms with Crippen LogP contribution in [0.3, 0.4) is 0 Å². The topological polar surface area (TPSA) is 83.4 Å². The van der Waals surface area contributed by atoms with E-state index in [1.165, 1.54) is 0 Å². The molecule has 2 aromatic rings. The molecule has 1 aromatic heterocycles. The first-order valence-electron chi connectivity index (χ1n) is 8.76. The highest BCUT2D eigenvalue weighted by Gasteiger charge is 2.19. The number of rotatable bonds is 7. The Morgan fingerprint density at radius 2 is 1.96 bits per heavy atom. The molecule has 6 heteroatoms. The summed E-state index contributed by atoms with van der Waals surface area (Å²) in [6, 6.07) is 7.18. The molecule has 1 atom stereocenters. The van der Waals surface area contributed by atoms with Crippen LogP contribution in [0.4, 0.5) is 5.69 Å². The van der Waals surface area contributed by atoms with Crippen molar-refractivity contribution in [2.75, 3.05) is 11.9 Å². The third kappa shape index (κ3) is 5.06. The van der Waals surface area contributed by atoms with Crippen LogP contribution in [0.2, 0.25) is 0 Å². The number of anilines is 1. The molecule has 2 amide bonds. The van der Waals surface area contributed by atoms with Crippen molar-refractivity contribution in [1.29, 1.82) is 0 Å². The van der Waals surface area contributed by atoms with E-state index in [4.69, 9.17) is 0 Å². The Balaban J connectivity index is 2.05. The van der Waals surface area contributed by atoms with Crippen molar-refractivity contribution in [2.45, 2.75) is 46.2 Å². The quantitative estimate of drug-likeness (QED) is 0.674. The zero-order chi connectivity index (χ0) is 18.4. The average Bonchev–Trinajstić information content (AvgIpc) is 2.96. The zero-order valence-electron chi connectivity index (χ0n) is 15.1. The Labute approximate surface area is 148 Å². The van der Waals surface area contributed by atoms with Gasteiger partial charge in [0.25, 0.3) is 0 Å². The second-order valence-corrected chi connectivity index (χ2v) is 6.72. The number of carbonyl (C=O) groups is 2. The van der Waals surface area contributed by atoms with Gasteiger partial charge in [0.2, 0.25) is 0 Å². The third-order valence-electron chi connectivity index (χ3n) is 4.01. The van der Waals surface area contributed by atoms with E-state index in [0.29, 0.717) is 18.0 Å². The summed E-state index contributed by atoms with van der Waals surface area (Å²) in [6.45, 7) is 6.81. The SMILES string of the molecule is CCCn1ccc2ccc(NC(=O)C(=O)NC(CO)CC(C)C)cc21. The first kappa shape index (κ1) is 19.0. The average molecular weight is 345 g/mol. The van der Waals surface area contributed by atoms with Gasteiger partial charge in [-0.3, -0.25) is 9.59 Å². The van der Waals surface area contributed by atoms with Gasteiger partial charge in [0, 0.05) is 18.4 Å². The van der Waals surface area contributed by atoms with Crippen LogP contribution in [0.15, 0.2) is 30.5 Å². The van der Waals surface area contributed by atoms with Crippen LogP contribution in [-0.2, 0) is 16.1 Å². The van der Waals surface area contributed by atoms with Crippen molar-refractivity contribution in [3.05, 3.63) is 30.5 Å². The minimum absolute atomic E-state index is 0.187. The first-order chi connectivity index (χ1) is 11.9. The molecule has 6 nitrogen and oxygen atoms in total. The molecule has 136 valence electrons. The van der Waals surface area contributed by atoms with E-state index < -0.39 is 17.9 Å². The monoisotopic (exact) mass is 345 g/mol. The standard InChI is InChI=1S/C19H27N3O3/c1-4-8-22-9-7-14-5-6-15(11-17(14)22)20-18(24)19(25)21-16(12-23)10-13(2)3/h5-7,9,11,13,16,23H,4,8,10,12H2,1-3H3,(H,20,24)(H,21,25). The molecule has 25 heavy (non-hydrogen) atoms. The van der Waals surface area contributed by atoms with Crippen LogP contribution < -0.4 is 10.6 Å². The number of benzene rings is 1. The fourth-order valence-corrected chi connectivity index (χ4v) is 2.88. The molecule has 0 bridgehead atoms. The molecule has 1 unspecified atom stereocenters. The number of fused-ring (bicyclic) bond motifs is 1. The molecule has 0 aliphatic carbocycles. The number of hydrogen-bond acceptors (Lipinski definition) is 3. The van der Waals surface area contributed by atoms with Crippen molar-refractivity contribution in [2.24, 2.45) is 5.92 Å². The number of aliphatic hydroxyl groups is 1. The number of aromatic nitrogens is 1. The van der Waals surface area contributed by atoms with Crippen LogP contribution in [0.25, 0.3) is 10.9 Å². The first-order valence-corrected chi connectivity index (χ1v) is 8.76. The Bertz CT molecular complexity index is 737. The molecule has 0 aliphatic heterocycles. The number of nitrogens with zero attached hydrogens (tertiary/aromatic N) is 1. The fraction of sp³-hybridized carbons (Fsp3) is 0.474. The summed E-state index contributed by atoms with van der Waals surface area (Å²) in [5.74, 6) is -1.15. The van der Waals surface area contributed by atoms with Gasteiger partial charge in [0.1, 0.15) is 0 Å². The summed E-state index contributed by atoms with van der Waals surface area (Å²) in [5, 5.41) is 15.6. The van der Waals surface area contributed by atoms with Gasteiger partial charge in [-0.1, -0.05) is 26.8 Å². The molecule has 1 aromatic carbocycles. The van der Waals surface area contributed by atoms with Gasteiger partial charge < -0.3 is 20.3 Å². The van der Waals surface area contributed by atoms with E-state index in [0.717, 1.165) is 23.9 Å². The van der Waals surface area contributed by atoms with Gasteiger partial charge in [-0.25, -0.2) is 0 Å². The lowest BCUT2D eigenvalue weighted by atomic mass is 10.0. The van der Waals surface area contributed by atoms with Crippen LogP contribution >= 0.6 is 0 Å². The predicted octanol–water partition coefficient (Wildman–Crippen LogP) is 2.51. The van der Waals surface area contributed by atoms with Crippen molar-refractivity contribution < 1.29 is 14.7 Å². The predicted molar refractivity (Wildman–Crippen MR) is 99.3 cm³/mol. The summed E-state index contributed by atoms with van der Waals surface area (Å²) in [4.78, 5) is 24.2. The molecule has 0 radical (unpaired) electrons. The van der Waals surface area contributed by atoms with Gasteiger partial charge in [-0.05, 0) is 42.3 Å². The number of carbonyl (C=O) groups excluding carboxylic acids is 2. The zero-order valence-corrected chi connectivity index (χ0v) is 15.1. The Kier molecular flexibility index (Phi) is 6.58. The molecule has 0 fully saturated rings. The van der Waals surface area contributed by atoms with E-state index in [1.807, 2.05) is 38.2 Å². The van der Waals surface area contributed by atoms with Crippen molar-refractivity contribution in [3.63, 3.8) is 0 Å². The lowest BCUT2D eigenvalue weighted by Gasteiger charge is -2.17. The number of amides is 2. The highest BCUT2D eigenvalue weighted by atomic mass is 16.3. The molecule has 0 saturated heterocycles. The minimum Gasteiger partial charge on any atom is -0.394 e. The summed E-state index contributed by atoms with van der Waals surface area (Å²) in [5.41, 5.74) is 1.60. The molecule has 2 rings (SSSR count). The van der Waals surface area contributed by atoms with Crippen LogP contribution in [0.5, 0.6) is 0 Å². The van der Waals surface area contributed by atoms with E-state index >= 15 is 0 Å². The maximum atomic E-state index is 12.1. The molecular formula is C19H27N3O3. The van der Waals surface area contributed by atoms with E-state index in [2.05, 4.69) is 22.1 Å². The van der Waals surface area contributed by atoms with Crippen LogP contribution in [-0.4, -0.2) is 34.1 Å². The van der Waals surface area contributed by atoms with Crippen LogP contribution in [0.1, 0.15) is 33.6 Å². The Hall–Kier alpha value is -2.34. The summed E-state index contributed by atoms with van der Waals surface area (Å²) in [7, 11) is 0.